The van der Waals surface area contributed by atoms with E-state index in [1.165, 1.54) is 0 Å². The van der Waals surface area contributed by atoms with Gasteiger partial charge in [-0.2, -0.15) is 0 Å². The Balaban J connectivity index is 3.90. The number of rotatable bonds is 5. The van der Waals surface area contributed by atoms with Gasteiger partial charge < -0.3 is 10.5 Å². The zero-order valence-corrected chi connectivity index (χ0v) is 8.99. The predicted octanol–water partition coefficient (Wildman–Crippen LogP) is 1.36. The average Bonchev–Trinajstić information content (AvgIpc) is 2.09. The van der Waals surface area contributed by atoms with E-state index < -0.39 is 0 Å². The Morgan fingerprint density at radius 3 is 2.69 bits per heavy atom. The van der Waals surface area contributed by atoms with Crippen LogP contribution in [0.5, 0.6) is 0 Å². The molecule has 0 aromatic carbocycles. The fourth-order valence-corrected chi connectivity index (χ4v) is 0.818. The summed E-state index contributed by atoms with van der Waals surface area (Å²) in [7, 11) is 0. The fraction of sp³-hybridized carbons (Fsp3) is 0.750. The Labute approximate surface area is 84.5 Å². The molecule has 0 unspecified atom stereocenters. The summed E-state index contributed by atoms with van der Waals surface area (Å²) in [6.45, 7) is 4.65. The molecule has 0 atom stereocenters. The number of hydrogen-bond donors (Lipinski definition) is 2. The molecule has 5 heteroatoms. The molecule has 0 aliphatic heterocycles. The fourth-order valence-electron chi connectivity index (χ4n) is 0.772. The minimum atomic E-state index is 0.161. The smallest absolute Gasteiger partial charge is 0.206 e. The first-order valence-electron chi connectivity index (χ1n) is 4.45. The highest BCUT2D eigenvalue weighted by Gasteiger charge is 1.98. The van der Waals surface area contributed by atoms with Gasteiger partial charge in [0.05, 0.1) is 6.61 Å². The Kier molecular flexibility index (Phi) is 7.29. The van der Waals surface area contributed by atoms with Crippen molar-refractivity contribution >= 4 is 23.2 Å². The highest BCUT2D eigenvalue weighted by molar-refractivity contribution is 7.80. The van der Waals surface area contributed by atoms with Gasteiger partial charge in [-0.05, 0) is 25.6 Å². The van der Waals surface area contributed by atoms with E-state index in [-0.39, 0.29) is 5.11 Å². The normalized spacial score (nSPS) is 11.1. The highest BCUT2D eigenvalue weighted by atomic mass is 32.1. The molecule has 0 aromatic rings. The number of thiocarbonyl (C=S) groups is 1. The lowest BCUT2D eigenvalue weighted by molar-refractivity contribution is 0.313. The molecular formula is C8H17N3OS. The van der Waals surface area contributed by atoms with Crippen molar-refractivity contribution in [3.05, 3.63) is 0 Å². The van der Waals surface area contributed by atoms with Crippen LogP contribution < -0.4 is 11.2 Å². The van der Waals surface area contributed by atoms with Crippen LogP contribution in [0.15, 0.2) is 5.10 Å². The molecule has 0 heterocycles. The molecular weight excluding hydrogens is 186 g/mol. The lowest BCUT2D eigenvalue weighted by Gasteiger charge is -2.06. The van der Waals surface area contributed by atoms with E-state index in [0.717, 1.165) is 19.3 Å². The summed E-state index contributed by atoms with van der Waals surface area (Å²) in [5, 5.41) is 4.09. The van der Waals surface area contributed by atoms with Gasteiger partial charge in [-0.1, -0.05) is 13.3 Å². The molecule has 0 rings (SSSR count). The van der Waals surface area contributed by atoms with Crippen molar-refractivity contribution in [2.24, 2.45) is 10.8 Å². The van der Waals surface area contributed by atoms with Crippen molar-refractivity contribution in [3.63, 3.8) is 0 Å². The molecule has 76 valence electrons. The summed E-state index contributed by atoms with van der Waals surface area (Å²) in [4.78, 5) is 0. The van der Waals surface area contributed by atoms with Crippen LogP contribution >= 0.6 is 12.2 Å². The van der Waals surface area contributed by atoms with Crippen molar-refractivity contribution in [1.82, 2.24) is 5.43 Å². The van der Waals surface area contributed by atoms with Crippen LogP contribution in [-0.4, -0.2) is 17.6 Å². The van der Waals surface area contributed by atoms with E-state index in [1.807, 2.05) is 6.92 Å². The third kappa shape index (κ3) is 7.52. The van der Waals surface area contributed by atoms with Crippen molar-refractivity contribution in [3.8, 4) is 0 Å². The molecule has 0 saturated carbocycles. The zero-order chi connectivity index (χ0) is 10.1. The van der Waals surface area contributed by atoms with Crippen LogP contribution in [-0.2, 0) is 4.74 Å². The van der Waals surface area contributed by atoms with E-state index in [9.17, 15) is 0 Å². The summed E-state index contributed by atoms with van der Waals surface area (Å²) < 4.78 is 5.27. The molecule has 0 aliphatic carbocycles. The maximum atomic E-state index is 5.27. The Bertz CT molecular complexity index is 182. The number of ether oxygens (including phenoxy) is 1. The molecule has 0 saturated heterocycles. The number of nitrogens with zero attached hydrogens (tertiary/aromatic N) is 1. The Morgan fingerprint density at radius 1 is 1.54 bits per heavy atom. The van der Waals surface area contributed by atoms with Crippen molar-refractivity contribution in [2.45, 2.75) is 33.1 Å². The van der Waals surface area contributed by atoms with Crippen LogP contribution in [0.4, 0.5) is 0 Å². The topological polar surface area (TPSA) is 59.6 Å². The molecule has 0 amide bonds. The molecule has 3 N–H and O–H groups in total. The second-order valence-corrected chi connectivity index (χ2v) is 2.96. The van der Waals surface area contributed by atoms with E-state index in [0.29, 0.717) is 12.5 Å². The van der Waals surface area contributed by atoms with Crippen LogP contribution in [0, 0.1) is 0 Å². The van der Waals surface area contributed by atoms with Gasteiger partial charge in [-0.3, -0.25) is 5.43 Å². The minimum absolute atomic E-state index is 0.161. The van der Waals surface area contributed by atoms with E-state index in [2.05, 4.69) is 29.7 Å². The molecule has 13 heavy (non-hydrogen) atoms. The first-order valence-corrected chi connectivity index (χ1v) is 4.86. The standard InChI is InChI=1S/C8H17N3OS/c1-3-5-6-7(12-4-2)10-11-8(9)13/h3-6H2,1-2H3,(H3,9,11,13). The van der Waals surface area contributed by atoms with Gasteiger partial charge >= 0.3 is 0 Å². The monoisotopic (exact) mass is 203 g/mol. The van der Waals surface area contributed by atoms with Gasteiger partial charge in [0.25, 0.3) is 0 Å². The first-order chi connectivity index (χ1) is 6.20. The number of hydrazone groups is 1. The van der Waals surface area contributed by atoms with Crippen LogP contribution in [0.2, 0.25) is 0 Å². The maximum Gasteiger partial charge on any atom is 0.206 e. The second kappa shape index (κ2) is 7.79. The molecule has 0 radical (unpaired) electrons. The average molecular weight is 203 g/mol. The van der Waals surface area contributed by atoms with E-state index >= 15 is 0 Å². The predicted molar refractivity (Wildman–Crippen MR) is 58.5 cm³/mol. The Morgan fingerprint density at radius 2 is 2.23 bits per heavy atom. The summed E-state index contributed by atoms with van der Waals surface area (Å²) in [6, 6.07) is 0. The van der Waals surface area contributed by atoms with Gasteiger partial charge in [0.2, 0.25) is 5.90 Å². The summed E-state index contributed by atoms with van der Waals surface area (Å²) >= 11 is 4.61. The van der Waals surface area contributed by atoms with Gasteiger partial charge in [0.1, 0.15) is 0 Å². The van der Waals surface area contributed by atoms with E-state index in [4.69, 9.17) is 10.5 Å². The second-order valence-electron chi connectivity index (χ2n) is 2.52. The Hall–Kier alpha value is -0.840. The van der Waals surface area contributed by atoms with Gasteiger partial charge in [0, 0.05) is 6.42 Å². The summed E-state index contributed by atoms with van der Waals surface area (Å²) in [5.41, 5.74) is 7.73. The maximum absolute atomic E-state index is 5.27. The van der Waals surface area contributed by atoms with E-state index in [1.54, 1.807) is 0 Å². The van der Waals surface area contributed by atoms with Crippen LogP contribution in [0.25, 0.3) is 0 Å². The lowest BCUT2D eigenvalue weighted by Crippen LogP contribution is -2.26. The number of unbranched alkanes of at least 4 members (excludes halogenated alkanes) is 1. The molecule has 4 nitrogen and oxygen atoms in total. The van der Waals surface area contributed by atoms with Gasteiger partial charge in [-0.15, -0.1) is 5.10 Å². The first kappa shape index (κ1) is 12.2. The number of nitrogens with one attached hydrogen (secondary N) is 1. The molecule has 0 bridgehead atoms. The third-order valence-electron chi connectivity index (χ3n) is 1.35. The third-order valence-corrected chi connectivity index (χ3v) is 1.44. The van der Waals surface area contributed by atoms with Crippen molar-refractivity contribution in [2.75, 3.05) is 6.61 Å². The molecule has 0 spiro atoms. The molecule has 0 aromatic heterocycles. The van der Waals surface area contributed by atoms with Crippen LogP contribution in [0.3, 0.4) is 0 Å². The van der Waals surface area contributed by atoms with Crippen molar-refractivity contribution in [1.29, 1.82) is 0 Å². The van der Waals surface area contributed by atoms with Gasteiger partial charge in [-0.25, -0.2) is 0 Å². The summed E-state index contributed by atoms with van der Waals surface area (Å²) in [6.07, 6.45) is 2.98. The number of hydrogen-bond acceptors (Lipinski definition) is 3. The highest BCUT2D eigenvalue weighted by Crippen LogP contribution is 1.97. The summed E-state index contributed by atoms with van der Waals surface area (Å²) in [5.74, 6) is 0.664. The lowest BCUT2D eigenvalue weighted by atomic mass is 10.2. The zero-order valence-electron chi connectivity index (χ0n) is 8.17. The van der Waals surface area contributed by atoms with Crippen LogP contribution in [0.1, 0.15) is 33.1 Å². The number of nitrogens with two attached hydrogens (primary N) is 1. The van der Waals surface area contributed by atoms with Gasteiger partial charge in [0.15, 0.2) is 5.11 Å². The molecule has 0 aliphatic rings. The molecule has 0 fully saturated rings. The van der Waals surface area contributed by atoms with Crippen molar-refractivity contribution < 1.29 is 4.74 Å². The largest absolute Gasteiger partial charge is 0.480 e. The SMILES string of the molecule is CCCCC(=NNC(N)=S)OCC. The quantitative estimate of drug-likeness (QED) is 0.306. The minimum Gasteiger partial charge on any atom is -0.480 e.